The second-order valence-corrected chi connectivity index (χ2v) is 5.28. The fraction of sp³-hybridized carbons (Fsp3) is 0.188. The zero-order valence-electron chi connectivity index (χ0n) is 11.7. The van der Waals surface area contributed by atoms with Crippen molar-refractivity contribution in [1.82, 2.24) is 0 Å². The SMILES string of the molecule is N[C@H]1C(=O)N(c2ccc(F)cc2)[C@@H]1c1ccc(C(F)(F)F)cc1. The Hall–Kier alpha value is -2.41. The highest BCUT2D eigenvalue weighted by molar-refractivity contribution is 6.05. The summed E-state index contributed by atoms with van der Waals surface area (Å²) >= 11 is 0. The molecule has 1 aliphatic rings. The third kappa shape index (κ3) is 2.68. The number of β-lactam (4-membered cyclic amide) rings is 1. The standard InChI is InChI=1S/C16H12F4N2O/c17-11-5-7-12(8-6-11)22-14(13(21)15(22)23)9-1-3-10(4-2-9)16(18,19)20/h1-8,13-14H,21H2/t13-,14-/m1/s1. The van der Waals surface area contributed by atoms with E-state index in [2.05, 4.69) is 0 Å². The van der Waals surface area contributed by atoms with Gasteiger partial charge < -0.3 is 10.6 Å². The van der Waals surface area contributed by atoms with Crippen molar-refractivity contribution in [3.8, 4) is 0 Å². The van der Waals surface area contributed by atoms with E-state index in [0.29, 0.717) is 11.3 Å². The van der Waals surface area contributed by atoms with Crippen molar-refractivity contribution in [3.05, 3.63) is 65.5 Å². The molecule has 23 heavy (non-hydrogen) atoms. The van der Waals surface area contributed by atoms with Crippen molar-refractivity contribution in [2.45, 2.75) is 18.3 Å². The lowest BCUT2D eigenvalue weighted by Crippen LogP contribution is -2.63. The molecule has 0 saturated carbocycles. The number of carbonyl (C=O) groups is 1. The number of carbonyl (C=O) groups excluding carboxylic acids is 1. The van der Waals surface area contributed by atoms with Crippen LogP contribution < -0.4 is 10.6 Å². The monoisotopic (exact) mass is 324 g/mol. The topological polar surface area (TPSA) is 46.3 Å². The normalized spacial score (nSPS) is 21.3. The Labute approximate surface area is 129 Å². The molecule has 0 aromatic heterocycles. The molecule has 0 aliphatic carbocycles. The van der Waals surface area contributed by atoms with Crippen LogP contribution in [0.4, 0.5) is 23.2 Å². The number of anilines is 1. The van der Waals surface area contributed by atoms with Gasteiger partial charge in [0, 0.05) is 5.69 Å². The molecule has 2 N–H and O–H groups in total. The van der Waals surface area contributed by atoms with Gasteiger partial charge in [-0.15, -0.1) is 0 Å². The van der Waals surface area contributed by atoms with Gasteiger partial charge in [-0.05, 0) is 42.0 Å². The van der Waals surface area contributed by atoms with Gasteiger partial charge in [0.25, 0.3) is 0 Å². The molecule has 1 heterocycles. The molecule has 1 saturated heterocycles. The third-order valence-electron chi connectivity index (χ3n) is 3.83. The Kier molecular flexibility index (Phi) is 3.60. The lowest BCUT2D eigenvalue weighted by atomic mass is 9.88. The average Bonchev–Trinajstić information content (AvgIpc) is 2.52. The summed E-state index contributed by atoms with van der Waals surface area (Å²) in [6.07, 6.45) is -4.42. The van der Waals surface area contributed by atoms with Gasteiger partial charge in [-0.2, -0.15) is 13.2 Å². The van der Waals surface area contributed by atoms with Crippen molar-refractivity contribution in [1.29, 1.82) is 0 Å². The molecule has 2 aromatic rings. The minimum Gasteiger partial charge on any atom is -0.318 e. The number of hydrogen-bond acceptors (Lipinski definition) is 2. The van der Waals surface area contributed by atoms with E-state index < -0.39 is 29.6 Å². The first-order valence-electron chi connectivity index (χ1n) is 6.80. The Morgan fingerprint density at radius 3 is 2.04 bits per heavy atom. The number of nitrogens with two attached hydrogens (primary N) is 1. The van der Waals surface area contributed by atoms with Crippen LogP contribution in [-0.4, -0.2) is 11.9 Å². The van der Waals surface area contributed by atoms with Crippen molar-refractivity contribution < 1.29 is 22.4 Å². The zero-order chi connectivity index (χ0) is 16.8. The summed E-state index contributed by atoms with van der Waals surface area (Å²) in [4.78, 5) is 13.3. The smallest absolute Gasteiger partial charge is 0.318 e. The molecule has 1 amide bonds. The van der Waals surface area contributed by atoms with Gasteiger partial charge >= 0.3 is 6.18 Å². The Bertz CT molecular complexity index is 725. The number of benzene rings is 2. The molecule has 0 radical (unpaired) electrons. The Balaban J connectivity index is 1.91. The molecular formula is C16H12F4N2O. The summed E-state index contributed by atoms with van der Waals surface area (Å²) in [6, 6.07) is 8.36. The molecule has 0 spiro atoms. The number of rotatable bonds is 2. The van der Waals surface area contributed by atoms with Crippen LogP contribution in [-0.2, 0) is 11.0 Å². The van der Waals surface area contributed by atoms with E-state index in [1.54, 1.807) is 0 Å². The van der Waals surface area contributed by atoms with Gasteiger partial charge in [0.1, 0.15) is 11.9 Å². The summed E-state index contributed by atoms with van der Waals surface area (Å²) in [6.45, 7) is 0. The molecule has 3 rings (SSSR count). The van der Waals surface area contributed by atoms with Crippen molar-refractivity contribution >= 4 is 11.6 Å². The minimum atomic E-state index is -4.42. The number of hydrogen-bond donors (Lipinski definition) is 1. The highest BCUT2D eigenvalue weighted by Crippen LogP contribution is 2.39. The summed E-state index contributed by atoms with van der Waals surface area (Å²) < 4.78 is 50.8. The van der Waals surface area contributed by atoms with E-state index in [-0.39, 0.29) is 5.91 Å². The fourth-order valence-electron chi connectivity index (χ4n) is 2.63. The van der Waals surface area contributed by atoms with E-state index in [1.807, 2.05) is 0 Å². The maximum atomic E-state index is 13.0. The molecule has 120 valence electrons. The van der Waals surface area contributed by atoms with Gasteiger partial charge in [-0.25, -0.2) is 4.39 Å². The van der Waals surface area contributed by atoms with Crippen LogP contribution in [0.3, 0.4) is 0 Å². The first-order chi connectivity index (χ1) is 10.8. The predicted octanol–water partition coefficient (Wildman–Crippen LogP) is 3.26. The second kappa shape index (κ2) is 5.34. The molecule has 1 aliphatic heterocycles. The Morgan fingerprint density at radius 2 is 1.52 bits per heavy atom. The van der Waals surface area contributed by atoms with Crippen LogP contribution in [0, 0.1) is 5.82 Å². The van der Waals surface area contributed by atoms with E-state index in [9.17, 15) is 22.4 Å². The van der Waals surface area contributed by atoms with E-state index >= 15 is 0 Å². The molecule has 7 heteroatoms. The maximum Gasteiger partial charge on any atom is 0.416 e. The molecule has 3 nitrogen and oxygen atoms in total. The highest BCUT2D eigenvalue weighted by Gasteiger charge is 2.46. The molecule has 1 fully saturated rings. The summed E-state index contributed by atoms with van der Waals surface area (Å²) in [7, 11) is 0. The van der Waals surface area contributed by atoms with Crippen LogP contribution >= 0.6 is 0 Å². The number of nitrogens with zero attached hydrogens (tertiary/aromatic N) is 1. The van der Waals surface area contributed by atoms with Gasteiger partial charge in [0.2, 0.25) is 5.91 Å². The lowest BCUT2D eigenvalue weighted by Gasteiger charge is -2.45. The van der Waals surface area contributed by atoms with Gasteiger partial charge in [0.05, 0.1) is 11.6 Å². The zero-order valence-corrected chi connectivity index (χ0v) is 11.7. The van der Waals surface area contributed by atoms with E-state index in [1.165, 1.54) is 41.3 Å². The molecule has 2 atom stereocenters. The Morgan fingerprint density at radius 1 is 0.957 bits per heavy atom. The second-order valence-electron chi connectivity index (χ2n) is 5.28. The molecule has 2 aromatic carbocycles. The minimum absolute atomic E-state index is 0.360. The number of alkyl halides is 3. The number of amides is 1. The van der Waals surface area contributed by atoms with Crippen LogP contribution in [0.1, 0.15) is 17.2 Å². The van der Waals surface area contributed by atoms with Crippen molar-refractivity contribution in [3.63, 3.8) is 0 Å². The summed E-state index contributed by atoms with van der Waals surface area (Å²) in [5.74, 6) is -0.807. The largest absolute Gasteiger partial charge is 0.416 e. The molecule has 0 unspecified atom stereocenters. The molecule has 0 bridgehead atoms. The first-order valence-corrected chi connectivity index (χ1v) is 6.80. The van der Waals surface area contributed by atoms with E-state index in [4.69, 9.17) is 5.73 Å². The first kappa shape index (κ1) is 15.5. The summed E-state index contributed by atoms with van der Waals surface area (Å²) in [5, 5.41) is 0. The van der Waals surface area contributed by atoms with E-state index in [0.717, 1.165) is 12.1 Å². The van der Waals surface area contributed by atoms with Gasteiger partial charge in [0.15, 0.2) is 0 Å². The predicted molar refractivity (Wildman–Crippen MR) is 76.0 cm³/mol. The third-order valence-corrected chi connectivity index (χ3v) is 3.83. The fourth-order valence-corrected chi connectivity index (χ4v) is 2.63. The maximum absolute atomic E-state index is 13.0. The molecular weight excluding hydrogens is 312 g/mol. The van der Waals surface area contributed by atoms with Crippen LogP contribution in [0.2, 0.25) is 0 Å². The van der Waals surface area contributed by atoms with Crippen LogP contribution in [0.5, 0.6) is 0 Å². The van der Waals surface area contributed by atoms with Crippen molar-refractivity contribution in [2.75, 3.05) is 4.90 Å². The van der Waals surface area contributed by atoms with Crippen molar-refractivity contribution in [2.24, 2.45) is 5.73 Å². The van der Waals surface area contributed by atoms with Crippen LogP contribution in [0.25, 0.3) is 0 Å². The van der Waals surface area contributed by atoms with Gasteiger partial charge in [-0.3, -0.25) is 4.79 Å². The lowest BCUT2D eigenvalue weighted by molar-refractivity contribution is -0.137. The van der Waals surface area contributed by atoms with Gasteiger partial charge in [-0.1, -0.05) is 12.1 Å². The number of halogens is 4. The quantitative estimate of drug-likeness (QED) is 0.681. The average molecular weight is 324 g/mol. The summed E-state index contributed by atoms with van der Waals surface area (Å²) in [5.41, 5.74) is 5.96. The van der Waals surface area contributed by atoms with Crippen LogP contribution in [0.15, 0.2) is 48.5 Å². The highest BCUT2D eigenvalue weighted by atomic mass is 19.4.